The molecule has 1 heterocycles. The van der Waals surface area contributed by atoms with Crippen molar-refractivity contribution in [1.29, 1.82) is 0 Å². The highest BCUT2D eigenvalue weighted by molar-refractivity contribution is 7.89. The summed E-state index contributed by atoms with van der Waals surface area (Å²) >= 11 is 0. The molecule has 0 spiro atoms. The lowest BCUT2D eigenvalue weighted by molar-refractivity contribution is -0.137. The number of hydrogen-bond donors (Lipinski definition) is 2. The molecule has 0 unspecified atom stereocenters. The van der Waals surface area contributed by atoms with E-state index in [-0.39, 0.29) is 6.04 Å². The van der Waals surface area contributed by atoms with Crippen molar-refractivity contribution in [3.63, 3.8) is 0 Å². The number of alkyl halides is 3. The zero-order chi connectivity index (χ0) is 24.2. The number of rotatable bonds is 7. The van der Waals surface area contributed by atoms with E-state index in [1.54, 1.807) is 6.07 Å². The summed E-state index contributed by atoms with van der Waals surface area (Å²) in [4.78, 5) is 13.9. The van der Waals surface area contributed by atoms with Gasteiger partial charge in [-0.25, -0.2) is 12.8 Å². The number of benzene rings is 2. The van der Waals surface area contributed by atoms with Gasteiger partial charge in [0.25, 0.3) is 0 Å². The van der Waals surface area contributed by atoms with E-state index in [0.29, 0.717) is 38.0 Å². The van der Waals surface area contributed by atoms with Gasteiger partial charge < -0.3 is 5.32 Å². The van der Waals surface area contributed by atoms with Crippen LogP contribution in [0.5, 0.6) is 0 Å². The summed E-state index contributed by atoms with van der Waals surface area (Å²) in [6.07, 6.45) is -3.26. The lowest BCUT2D eigenvalue weighted by Gasteiger charge is -2.33. The molecule has 2 aromatic rings. The van der Waals surface area contributed by atoms with E-state index >= 15 is 0 Å². The molecule has 1 aliphatic heterocycles. The molecule has 0 bridgehead atoms. The number of likely N-dealkylation sites (tertiary alicyclic amines) is 1. The Morgan fingerprint density at radius 1 is 1.12 bits per heavy atom. The number of nitrogens with zero attached hydrogens (tertiary/aromatic N) is 1. The van der Waals surface area contributed by atoms with Crippen molar-refractivity contribution in [2.45, 2.75) is 49.5 Å². The van der Waals surface area contributed by atoms with Crippen LogP contribution < -0.4 is 10.0 Å². The largest absolute Gasteiger partial charge is 0.416 e. The average molecular weight is 488 g/mol. The fourth-order valence-electron chi connectivity index (χ4n) is 3.68. The van der Waals surface area contributed by atoms with Gasteiger partial charge >= 0.3 is 6.18 Å². The van der Waals surface area contributed by atoms with E-state index in [2.05, 4.69) is 10.0 Å². The van der Waals surface area contributed by atoms with E-state index in [1.165, 1.54) is 25.1 Å². The molecule has 180 valence electrons. The summed E-state index contributed by atoms with van der Waals surface area (Å²) in [6.45, 7) is 2.87. The average Bonchev–Trinajstić information content (AvgIpc) is 2.74. The van der Waals surface area contributed by atoms with Crippen LogP contribution in [0.1, 0.15) is 30.9 Å². The molecule has 1 saturated heterocycles. The highest BCUT2D eigenvalue weighted by Crippen LogP contribution is 2.30. The molecule has 0 radical (unpaired) electrons. The monoisotopic (exact) mass is 487 g/mol. The molecule has 2 N–H and O–H groups in total. The Bertz CT molecular complexity index is 1080. The molecule has 1 fully saturated rings. The Kier molecular flexibility index (Phi) is 7.76. The maximum Gasteiger partial charge on any atom is 0.416 e. The molecule has 1 atom stereocenters. The summed E-state index contributed by atoms with van der Waals surface area (Å²) in [5, 5.41) is 2.79. The predicted octanol–water partition coefficient (Wildman–Crippen LogP) is 3.29. The lowest BCUT2D eigenvalue weighted by Crippen LogP contribution is -2.51. The van der Waals surface area contributed by atoms with Crippen molar-refractivity contribution in [3.8, 4) is 0 Å². The minimum Gasteiger partial charge on any atom is -0.352 e. The van der Waals surface area contributed by atoms with Gasteiger partial charge in [0.05, 0.1) is 11.6 Å². The number of halogens is 4. The minimum atomic E-state index is -4.39. The van der Waals surface area contributed by atoms with Crippen molar-refractivity contribution in [3.05, 3.63) is 65.5 Å². The molecule has 3 rings (SSSR count). The third-order valence-electron chi connectivity index (χ3n) is 5.45. The molecular weight excluding hydrogens is 462 g/mol. The van der Waals surface area contributed by atoms with Gasteiger partial charge in [0.1, 0.15) is 10.7 Å². The van der Waals surface area contributed by atoms with Crippen LogP contribution in [0.15, 0.2) is 53.4 Å². The van der Waals surface area contributed by atoms with Crippen molar-refractivity contribution in [2.75, 3.05) is 13.1 Å². The van der Waals surface area contributed by atoms with Gasteiger partial charge in [-0.15, -0.1) is 0 Å². The smallest absolute Gasteiger partial charge is 0.352 e. The maximum atomic E-state index is 13.8. The number of piperidine rings is 1. The van der Waals surface area contributed by atoms with Crippen LogP contribution in [0.25, 0.3) is 0 Å². The maximum absolute atomic E-state index is 13.8. The quantitative estimate of drug-likeness (QED) is 0.588. The van der Waals surface area contributed by atoms with Gasteiger partial charge in [0.15, 0.2) is 0 Å². The van der Waals surface area contributed by atoms with Crippen LogP contribution in [0.4, 0.5) is 17.6 Å². The fourth-order valence-corrected chi connectivity index (χ4v) is 4.96. The first-order chi connectivity index (χ1) is 15.5. The number of hydrogen-bond acceptors (Lipinski definition) is 4. The zero-order valence-corrected chi connectivity index (χ0v) is 18.7. The number of carbonyl (C=O) groups is 1. The van der Waals surface area contributed by atoms with Crippen LogP contribution in [-0.4, -0.2) is 44.4 Å². The van der Waals surface area contributed by atoms with Gasteiger partial charge in [0, 0.05) is 25.7 Å². The molecule has 1 aliphatic rings. The normalized spacial score (nSPS) is 17.0. The SMILES string of the molecule is C[C@H](NS(=O)(=O)c1ccccc1F)C(=O)NC1CCN(Cc2cccc(C(F)(F)F)c2)CC1. The first-order valence-corrected chi connectivity index (χ1v) is 11.9. The molecule has 33 heavy (non-hydrogen) atoms. The van der Waals surface area contributed by atoms with Gasteiger partial charge in [-0.05, 0) is 43.5 Å². The lowest BCUT2D eigenvalue weighted by atomic mass is 10.0. The summed E-state index contributed by atoms with van der Waals surface area (Å²) in [5.74, 6) is -1.45. The van der Waals surface area contributed by atoms with Crippen molar-refractivity contribution in [2.24, 2.45) is 0 Å². The Morgan fingerprint density at radius 3 is 2.42 bits per heavy atom. The highest BCUT2D eigenvalue weighted by Gasteiger charge is 2.31. The topological polar surface area (TPSA) is 78.5 Å². The second-order valence-electron chi connectivity index (χ2n) is 8.03. The Morgan fingerprint density at radius 2 is 1.79 bits per heavy atom. The third-order valence-corrected chi connectivity index (χ3v) is 7.02. The van der Waals surface area contributed by atoms with E-state index in [4.69, 9.17) is 0 Å². The summed E-state index contributed by atoms with van der Waals surface area (Å²) in [5.41, 5.74) is -0.127. The van der Waals surface area contributed by atoms with E-state index in [1.807, 2.05) is 4.90 Å². The zero-order valence-electron chi connectivity index (χ0n) is 17.9. The molecule has 6 nitrogen and oxygen atoms in total. The molecule has 0 saturated carbocycles. The number of amides is 1. The number of carbonyl (C=O) groups excluding carboxylic acids is 1. The van der Waals surface area contributed by atoms with Crippen molar-refractivity contribution < 1.29 is 30.8 Å². The van der Waals surface area contributed by atoms with Gasteiger partial charge in [-0.3, -0.25) is 9.69 Å². The summed E-state index contributed by atoms with van der Waals surface area (Å²) in [7, 11) is -4.21. The predicted molar refractivity (Wildman–Crippen MR) is 114 cm³/mol. The van der Waals surface area contributed by atoms with Gasteiger partial charge in [0.2, 0.25) is 15.9 Å². The first-order valence-electron chi connectivity index (χ1n) is 10.4. The fraction of sp³-hybridized carbons (Fsp3) is 0.409. The molecule has 1 amide bonds. The summed E-state index contributed by atoms with van der Waals surface area (Å²) < 4.78 is 79.4. The van der Waals surface area contributed by atoms with Crippen LogP contribution in [0, 0.1) is 5.82 Å². The van der Waals surface area contributed by atoms with Crippen LogP contribution in [0.2, 0.25) is 0 Å². The van der Waals surface area contributed by atoms with Crippen molar-refractivity contribution in [1.82, 2.24) is 14.9 Å². The van der Waals surface area contributed by atoms with E-state index in [0.717, 1.165) is 24.3 Å². The first kappa shape index (κ1) is 25.1. The molecule has 11 heteroatoms. The molecule has 2 aromatic carbocycles. The third kappa shape index (κ3) is 6.75. The van der Waals surface area contributed by atoms with Crippen molar-refractivity contribution >= 4 is 15.9 Å². The number of nitrogens with one attached hydrogen (secondary N) is 2. The highest BCUT2D eigenvalue weighted by atomic mass is 32.2. The van der Waals surface area contributed by atoms with Crippen LogP contribution in [-0.2, 0) is 27.5 Å². The Balaban J connectivity index is 1.49. The van der Waals surface area contributed by atoms with E-state index in [9.17, 15) is 30.8 Å². The summed E-state index contributed by atoms with van der Waals surface area (Å²) in [6, 6.07) is 8.77. The molecule has 0 aliphatic carbocycles. The Hall–Kier alpha value is -2.50. The second kappa shape index (κ2) is 10.2. The molecular formula is C22H25F4N3O3S. The number of sulfonamides is 1. The van der Waals surface area contributed by atoms with Gasteiger partial charge in [-0.2, -0.15) is 17.9 Å². The Labute approximate surface area is 190 Å². The molecule has 0 aromatic heterocycles. The van der Waals surface area contributed by atoms with E-state index < -0.39 is 44.4 Å². The second-order valence-corrected chi connectivity index (χ2v) is 9.71. The minimum absolute atomic E-state index is 0.198. The standard InChI is InChI=1S/C22H25F4N3O3S/c1-15(28-33(31,32)20-8-3-2-7-19(20)23)21(30)27-18-9-11-29(12-10-18)14-16-5-4-6-17(13-16)22(24,25)26/h2-8,13,15,18,28H,9-12,14H2,1H3,(H,27,30)/t15-/m0/s1. The van der Waals surface area contributed by atoms with Crippen LogP contribution in [0.3, 0.4) is 0 Å². The van der Waals surface area contributed by atoms with Crippen LogP contribution >= 0.6 is 0 Å². The van der Waals surface area contributed by atoms with Gasteiger partial charge in [-0.1, -0.05) is 30.3 Å².